The number of hydrogen-bond donors (Lipinski definition) is 2. The van der Waals surface area contributed by atoms with E-state index in [9.17, 15) is 18.2 Å². The SMILES string of the molecule is CC1(C)OB(O)c2ccc(S(=O)(=O)NC(=O)Cc3c4c(cc5c3CCC5)CCC4)cc21. The molecule has 0 radical (unpaired) electrons. The summed E-state index contributed by atoms with van der Waals surface area (Å²) in [5.41, 5.74) is 6.53. The van der Waals surface area contributed by atoms with Crippen molar-refractivity contribution in [1.29, 1.82) is 0 Å². The molecular weight excluding hydrogens is 413 g/mol. The lowest BCUT2D eigenvalue weighted by Gasteiger charge is -2.20. The second-order valence-corrected chi connectivity index (χ2v) is 11.0. The van der Waals surface area contributed by atoms with E-state index >= 15 is 0 Å². The van der Waals surface area contributed by atoms with Crippen LogP contribution in [0.5, 0.6) is 0 Å². The van der Waals surface area contributed by atoms with Crippen LogP contribution in [0.3, 0.4) is 0 Å². The van der Waals surface area contributed by atoms with Crippen molar-refractivity contribution in [2.45, 2.75) is 69.3 Å². The van der Waals surface area contributed by atoms with E-state index < -0.39 is 28.6 Å². The van der Waals surface area contributed by atoms with Gasteiger partial charge in [-0.15, -0.1) is 0 Å². The first-order valence-corrected chi connectivity index (χ1v) is 12.4. The second-order valence-electron chi connectivity index (χ2n) is 9.27. The van der Waals surface area contributed by atoms with Gasteiger partial charge in [-0.25, -0.2) is 13.1 Å². The van der Waals surface area contributed by atoms with E-state index in [0.717, 1.165) is 44.1 Å². The molecule has 0 unspecified atom stereocenters. The highest BCUT2D eigenvalue weighted by atomic mass is 32.2. The molecule has 0 fully saturated rings. The molecule has 2 aromatic carbocycles. The molecule has 2 aromatic rings. The monoisotopic (exact) mass is 439 g/mol. The third-order valence-electron chi connectivity index (χ3n) is 6.84. The molecule has 0 spiro atoms. The minimum atomic E-state index is -4.03. The minimum Gasteiger partial charge on any atom is -0.423 e. The molecule has 0 bridgehead atoms. The number of aryl methyl sites for hydroxylation is 2. The van der Waals surface area contributed by atoms with Crippen LogP contribution in [0.25, 0.3) is 0 Å². The van der Waals surface area contributed by atoms with Gasteiger partial charge in [-0.3, -0.25) is 4.79 Å². The molecule has 1 heterocycles. The quantitative estimate of drug-likeness (QED) is 0.708. The van der Waals surface area contributed by atoms with Gasteiger partial charge in [-0.05, 0) is 103 Å². The molecule has 5 rings (SSSR count). The van der Waals surface area contributed by atoms with Gasteiger partial charge in [0.2, 0.25) is 5.91 Å². The van der Waals surface area contributed by atoms with Gasteiger partial charge in [0.05, 0.1) is 16.9 Å². The molecule has 6 nitrogen and oxygen atoms in total. The lowest BCUT2D eigenvalue weighted by atomic mass is 9.78. The van der Waals surface area contributed by atoms with Gasteiger partial charge in [0.1, 0.15) is 0 Å². The Bertz CT molecular complexity index is 1170. The largest absolute Gasteiger partial charge is 0.492 e. The zero-order valence-electron chi connectivity index (χ0n) is 17.8. The Balaban J connectivity index is 1.41. The van der Waals surface area contributed by atoms with Crippen LogP contribution in [-0.4, -0.2) is 26.5 Å². The van der Waals surface area contributed by atoms with Crippen molar-refractivity contribution < 1.29 is 22.9 Å². The Kier molecular flexibility index (Phi) is 4.81. The summed E-state index contributed by atoms with van der Waals surface area (Å²) in [4.78, 5) is 12.9. The summed E-state index contributed by atoms with van der Waals surface area (Å²) in [7, 11) is -5.12. The molecule has 31 heavy (non-hydrogen) atoms. The van der Waals surface area contributed by atoms with E-state index in [0.29, 0.717) is 11.0 Å². The van der Waals surface area contributed by atoms with Crippen molar-refractivity contribution in [2.24, 2.45) is 0 Å². The summed E-state index contributed by atoms with van der Waals surface area (Å²) in [5, 5.41) is 10.0. The number of hydrogen-bond acceptors (Lipinski definition) is 5. The Hall–Kier alpha value is -2.16. The fourth-order valence-electron chi connectivity index (χ4n) is 5.40. The molecule has 3 aliphatic rings. The Morgan fingerprint density at radius 3 is 2.39 bits per heavy atom. The molecule has 0 saturated heterocycles. The second kappa shape index (κ2) is 7.19. The molecule has 2 aliphatic carbocycles. The van der Waals surface area contributed by atoms with Crippen LogP contribution in [0.2, 0.25) is 0 Å². The fourth-order valence-corrected chi connectivity index (χ4v) is 6.41. The summed E-state index contributed by atoms with van der Waals surface area (Å²) >= 11 is 0. The van der Waals surface area contributed by atoms with Gasteiger partial charge in [0, 0.05) is 0 Å². The van der Waals surface area contributed by atoms with Crippen LogP contribution in [0, 0.1) is 0 Å². The molecule has 0 saturated carbocycles. The molecule has 162 valence electrons. The molecule has 0 aromatic heterocycles. The van der Waals surface area contributed by atoms with E-state index in [1.165, 1.54) is 34.4 Å². The van der Waals surface area contributed by atoms with Crippen LogP contribution < -0.4 is 10.2 Å². The highest BCUT2D eigenvalue weighted by Crippen LogP contribution is 2.35. The van der Waals surface area contributed by atoms with Crippen LogP contribution in [-0.2, 0) is 57.2 Å². The number of benzene rings is 2. The van der Waals surface area contributed by atoms with E-state index in [1.54, 1.807) is 19.9 Å². The van der Waals surface area contributed by atoms with Gasteiger partial charge < -0.3 is 9.68 Å². The Labute approximate surface area is 183 Å². The topological polar surface area (TPSA) is 92.7 Å². The van der Waals surface area contributed by atoms with Crippen molar-refractivity contribution in [3.8, 4) is 0 Å². The number of nitrogens with one attached hydrogen (secondary N) is 1. The number of amides is 1. The van der Waals surface area contributed by atoms with E-state index in [4.69, 9.17) is 4.65 Å². The predicted molar refractivity (Wildman–Crippen MR) is 118 cm³/mol. The highest BCUT2D eigenvalue weighted by molar-refractivity contribution is 7.90. The van der Waals surface area contributed by atoms with Crippen molar-refractivity contribution in [1.82, 2.24) is 4.72 Å². The first-order chi connectivity index (χ1) is 14.7. The Morgan fingerprint density at radius 2 is 1.74 bits per heavy atom. The highest BCUT2D eigenvalue weighted by Gasteiger charge is 2.41. The maximum atomic E-state index is 13.0. The average molecular weight is 439 g/mol. The first-order valence-electron chi connectivity index (χ1n) is 10.9. The van der Waals surface area contributed by atoms with Crippen molar-refractivity contribution in [2.75, 3.05) is 0 Å². The molecule has 1 amide bonds. The molecule has 0 atom stereocenters. The molecule has 8 heteroatoms. The predicted octanol–water partition coefficient (Wildman–Crippen LogP) is 1.66. The Morgan fingerprint density at radius 1 is 1.10 bits per heavy atom. The summed E-state index contributed by atoms with van der Waals surface area (Å²) in [6.07, 6.45) is 6.25. The summed E-state index contributed by atoms with van der Waals surface area (Å²) in [6, 6.07) is 6.73. The van der Waals surface area contributed by atoms with Gasteiger partial charge in [-0.2, -0.15) is 0 Å². The van der Waals surface area contributed by atoms with Crippen LogP contribution in [0.4, 0.5) is 0 Å². The number of fused-ring (bicyclic) bond motifs is 3. The first kappa shape index (κ1) is 20.7. The van der Waals surface area contributed by atoms with Crippen molar-refractivity contribution >= 4 is 28.5 Å². The van der Waals surface area contributed by atoms with Crippen LogP contribution >= 0.6 is 0 Å². The van der Waals surface area contributed by atoms with E-state index in [2.05, 4.69) is 10.8 Å². The van der Waals surface area contributed by atoms with Crippen molar-refractivity contribution in [3.63, 3.8) is 0 Å². The van der Waals surface area contributed by atoms with Crippen molar-refractivity contribution in [3.05, 3.63) is 57.6 Å². The number of rotatable bonds is 4. The number of carbonyl (C=O) groups excluding carboxylic acids is 1. The normalized spacial score (nSPS) is 18.6. The maximum Gasteiger partial charge on any atom is 0.492 e. The average Bonchev–Trinajstić information content (AvgIpc) is 3.39. The van der Waals surface area contributed by atoms with Gasteiger partial charge in [-0.1, -0.05) is 12.1 Å². The van der Waals surface area contributed by atoms with Crippen LogP contribution in [0.15, 0.2) is 29.2 Å². The van der Waals surface area contributed by atoms with Gasteiger partial charge >= 0.3 is 7.12 Å². The molecular formula is C23H26BNO5S. The summed E-state index contributed by atoms with van der Waals surface area (Å²) in [6.45, 7) is 3.54. The fraction of sp³-hybridized carbons (Fsp3) is 0.435. The zero-order valence-corrected chi connectivity index (χ0v) is 18.6. The minimum absolute atomic E-state index is 0.00565. The summed E-state index contributed by atoms with van der Waals surface area (Å²) in [5.74, 6) is -0.509. The smallest absolute Gasteiger partial charge is 0.423 e. The number of carbonyl (C=O) groups is 1. The third-order valence-corrected chi connectivity index (χ3v) is 8.21. The van der Waals surface area contributed by atoms with E-state index in [1.807, 2.05) is 0 Å². The van der Waals surface area contributed by atoms with Gasteiger partial charge in [0.15, 0.2) is 0 Å². The zero-order chi connectivity index (χ0) is 22.0. The lowest BCUT2D eigenvalue weighted by molar-refractivity contribution is -0.118. The molecule has 1 aliphatic heterocycles. The number of sulfonamides is 1. The third kappa shape index (κ3) is 3.51. The maximum absolute atomic E-state index is 13.0. The standard InChI is InChI=1S/C23H26BNO5S/c1-23(2)20-12-16(9-10-21(20)24(27)30-23)31(28,29)25-22(26)13-19-17-7-3-5-14(17)11-15-6-4-8-18(15)19/h9-12,27H,3-8,13H2,1-2H3,(H,25,26). The van der Waals surface area contributed by atoms with E-state index in [-0.39, 0.29) is 11.3 Å². The summed E-state index contributed by atoms with van der Waals surface area (Å²) < 4.78 is 33.7. The lowest BCUT2D eigenvalue weighted by Crippen LogP contribution is -2.33. The van der Waals surface area contributed by atoms with Gasteiger partial charge in [0.25, 0.3) is 10.0 Å². The molecule has 2 N–H and O–H groups in total. The van der Waals surface area contributed by atoms with Crippen LogP contribution in [0.1, 0.15) is 60.1 Å².